The van der Waals surface area contributed by atoms with Crippen molar-refractivity contribution in [3.8, 4) is 22.9 Å². The summed E-state index contributed by atoms with van der Waals surface area (Å²) in [4.78, 5) is 11.9. The van der Waals surface area contributed by atoms with E-state index in [2.05, 4.69) is 61.6 Å². The van der Waals surface area contributed by atoms with Gasteiger partial charge in [-0.25, -0.2) is 4.98 Å². The van der Waals surface area contributed by atoms with Crippen LogP contribution in [-0.2, 0) is 12.7 Å². The van der Waals surface area contributed by atoms with Crippen LogP contribution < -0.4 is 4.74 Å². The van der Waals surface area contributed by atoms with E-state index < -0.39 is 11.7 Å². The van der Waals surface area contributed by atoms with Gasteiger partial charge in [-0.2, -0.15) is 13.2 Å². The van der Waals surface area contributed by atoms with Crippen LogP contribution >= 0.6 is 23.5 Å². The molecular weight excluding hydrogens is 578 g/mol. The van der Waals surface area contributed by atoms with Gasteiger partial charge in [0.25, 0.3) is 0 Å². The fraction of sp³-hybridized carbons (Fsp3) is 0.406. The van der Waals surface area contributed by atoms with Crippen molar-refractivity contribution in [2.45, 2.75) is 42.3 Å². The maximum atomic E-state index is 13.2. The zero-order valence-electron chi connectivity index (χ0n) is 24.9. The summed E-state index contributed by atoms with van der Waals surface area (Å²) in [5, 5.41) is 0. The lowest BCUT2D eigenvalue weighted by molar-refractivity contribution is -0.137. The number of aryl methyl sites for hydroxylation is 1. The first-order valence-electron chi connectivity index (χ1n) is 14.1. The molecule has 1 heterocycles. The Balaban J connectivity index is 1.75. The van der Waals surface area contributed by atoms with Crippen molar-refractivity contribution in [3.63, 3.8) is 0 Å². The Morgan fingerprint density at radius 1 is 0.857 bits per heavy atom. The van der Waals surface area contributed by atoms with Crippen LogP contribution in [0.15, 0.2) is 70.5 Å². The molecule has 0 saturated carbocycles. The number of imidazole rings is 1. The van der Waals surface area contributed by atoms with Crippen LogP contribution in [-0.4, -0.2) is 72.1 Å². The summed E-state index contributed by atoms with van der Waals surface area (Å²) in [6, 6.07) is 16.9. The summed E-state index contributed by atoms with van der Waals surface area (Å²) in [5.41, 5.74) is 2.20. The molecule has 42 heavy (non-hydrogen) atoms. The molecule has 0 spiro atoms. The quantitative estimate of drug-likeness (QED) is 0.132. The number of thioether (sulfide) groups is 2. The number of hydrogen-bond acceptors (Lipinski definition) is 6. The molecule has 0 radical (unpaired) electrons. The number of nitrogens with zero attached hydrogens (tertiary/aromatic N) is 4. The molecule has 0 aliphatic heterocycles. The first-order chi connectivity index (χ1) is 20.0. The Bertz CT molecular complexity index is 1470. The summed E-state index contributed by atoms with van der Waals surface area (Å²) in [5.74, 6) is 3.37. The van der Waals surface area contributed by atoms with E-state index >= 15 is 0 Å². The lowest BCUT2D eigenvalue weighted by Gasteiger charge is -2.13. The lowest BCUT2D eigenvalue weighted by atomic mass is 10.2. The summed E-state index contributed by atoms with van der Waals surface area (Å²) in [7, 11) is 8.33. The average molecular weight is 617 g/mol. The molecular formula is C32H39F3N4OS2. The highest BCUT2D eigenvalue weighted by molar-refractivity contribution is 8.00. The number of aromatic nitrogens is 2. The molecule has 3 aromatic carbocycles. The number of unbranched alkanes of at least 4 members (excludes halogenated alkanes) is 1. The molecule has 0 atom stereocenters. The first-order valence-corrected chi connectivity index (χ1v) is 16.1. The molecule has 4 aromatic rings. The Hall–Kier alpha value is -2.66. The van der Waals surface area contributed by atoms with Crippen LogP contribution in [0.25, 0.3) is 22.4 Å². The summed E-state index contributed by atoms with van der Waals surface area (Å²) in [6.07, 6.45) is -2.39. The van der Waals surface area contributed by atoms with Gasteiger partial charge in [0.15, 0.2) is 0 Å². The number of alkyl halides is 3. The van der Waals surface area contributed by atoms with Gasteiger partial charge in [-0.3, -0.25) is 0 Å². The number of halogens is 3. The van der Waals surface area contributed by atoms with Gasteiger partial charge in [-0.15, -0.1) is 23.5 Å². The topological polar surface area (TPSA) is 33.5 Å². The number of ether oxygens (including phenoxy) is 1. The highest BCUT2D eigenvalue weighted by Crippen LogP contribution is 2.38. The number of benzene rings is 3. The van der Waals surface area contributed by atoms with Crippen molar-refractivity contribution in [1.29, 1.82) is 0 Å². The molecule has 4 rings (SSSR count). The van der Waals surface area contributed by atoms with Crippen LogP contribution in [0.2, 0.25) is 0 Å². The second-order valence-corrected chi connectivity index (χ2v) is 13.0. The van der Waals surface area contributed by atoms with E-state index in [1.165, 1.54) is 17.0 Å². The van der Waals surface area contributed by atoms with Crippen molar-refractivity contribution >= 4 is 34.6 Å². The highest BCUT2D eigenvalue weighted by Gasteiger charge is 2.30. The van der Waals surface area contributed by atoms with Crippen LogP contribution in [0.1, 0.15) is 25.3 Å². The molecule has 0 N–H and O–H groups in total. The summed E-state index contributed by atoms with van der Waals surface area (Å²) < 4.78 is 47.9. The Kier molecular flexibility index (Phi) is 11.3. The molecule has 10 heteroatoms. The van der Waals surface area contributed by atoms with E-state index in [1.807, 2.05) is 41.7 Å². The molecule has 0 saturated heterocycles. The predicted octanol–water partition coefficient (Wildman–Crippen LogP) is 8.62. The third-order valence-electron chi connectivity index (χ3n) is 6.62. The first kappa shape index (κ1) is 32.3. The van der Waals surface area contributed by atoms with Crippen LogP contribution in [0, 0.1) is 0 Å². The van der Waals surface area contributed by atoms with E-state index in [4.69, 9.17) is 9.72 Å². The summed E-state index contributed by atoms with van der Waals surface area (Å²) >= 11 is 3.68. The minimum Gasteiger partial charge on any atom is -0.457 e. The van der Waals surface area contributed by atoms with Gasteiger partial charge in [-0.05, 0) is 77.1 Å². The van der Waals surface area contributed by atoms with Crippen molar-refractivity contribution in [1.82, 2.24) is 19.4 Å². The Morgan fingerprint density at radius 3 is 2.19 bits per heavy atom. The van der Waals surface area contributed by atoms with Gasteiger partial charge >= 0.3 is 6.18 Å². The lowest BCUT2D eigenvalue weighted by Crippen LogP contribution is -2.15. The second kappa shape index (κ2) is 14.7. The van der Waals surface area contributed by atoms with E-state index in [0.717, 1.165) is 83.4 Å². The predicted molar refractivity (Wildman–Crippen MR) is 170 cm³/mol. The fourth-order valence-corrected chi connectivity index (χ4v) is 6.71. The largest absolute Gasteiger partial charge is 0.457 e. The van der Waals surface area contributed by atoms with Gasteiger partial charge in [0.05, 0.1) is 11.1 Å². The SMILES string of the molecule is CCCCn1c(-c2cccc(Oc3cccc(C(F)(F)F)c3)c2)nc2c(SCCN(C)C)cc(SCCN(C)C)cc21. The van der Waals surface area contributed by atoms with Crippen molar-refractivity contribution in [2.24, 2.45) is 0 Å². The zero-order valence-corrected chi connectivity index (χ0v) is 26.5. The number of hydrogen-bond donors (Lipinski definition) is 0. The second-order valence-electron chi connectivity index (χ2n) is 10.7. The Morgan fingerprint density at radius 2 is 1.52 bits per heavy atom. The Labute approximate surface area is 255 Å². The molecule has 0 bridgehead atoms. The van der Waals surface area contributed by atoms with Gasteiger partial charge in [0.2, 0.25) is 0 Å². The molecule has 0 amide bonds. The zero-order chi connectivity index (χ0) is 30.3. The van der Waals surface area contributed by atoms with Gasteiger partial charge in [0.1, 0.15) is 22.8 Å². The van der Waals surface area contributed by atoms with Crippen molar-refractivity contribution < 1.29 is 17.9 Å². The smallest absolute Gasteiger partial charge is 0.416 e. The van der Waals surface area contributed by atoms with Gasteiger partial charge < -0.3 is 19.1 Å². The van der Waals surface area contributed by atoms with Crippen molar-refractivity contribution in [3.05, 3.63) is 66.2 Å². The normalized spacial score (nSPS) is 12.1. The minimum absolute atomic E-state index is 0.139. The minimum atomic E-state index is -4.43. The van der Waals surface area contributed by atoms with E-state index in [0.29, 0.717) is 5.75 Å². The molecule has 1 aromatic heterocycles. The molecule has 0 aliphatic carbocycles. The third-order valence-corrected chi connectivity index (χ3v) is 8.59. The maximum absolute atomic E-state index is 13.2. The number of rotatable bonds is 14. The van der Waals surface area contributed by atoms with Crippen LogP contribution in [0.4, 0.5) is 13.2 Å². The van der Waals surface area contributed by atoms with Crippen LogP contribution in [0.3, 0.4) is 0 Å². The highest BCUT2D eigenvalue weighted by atomic mass is 32.2. The molecule has 226 valence electrons. The van der Waals surface area contributed by atoms with Crippen LogP contribution in [0.5, 0.6) is 11.5 Å². The van der Waals surface area contributed by atoms with Gasteiger partial charge in [-0.1, -0.05) is 31.5 Å². The molecule has 5 nitrogen and oxygen atoms in total. The maximum Gasteiger partial charge on any atom is 0.416 e. The van der Waals surface area contributed by atoms with Crippen molar-refractivity contribution in [2.75, 3.05) is 52.8 Å². The fourth-order valence-electron chi connectivity index (χ4n) is 4.38. The molecule has 0 fully saturated rings. The van der Waals surface area contributed by atoms with E-state index in [1.54, 1.807) is 6.07 Å². The molecule has 0 unspecified atom stereocenters. The van der Waals surface area contributed by atoms with E-state index in [9.17, 15) is 13.2 Å². The standard InChI is InChI=1S/C32H39F3N4OS2/c1-6-7-14-39-28-21-27(41-17-15-37(2)3)22-29(42-18-16-38(4)5)30(28)36-31(39)23-10-8-12-25(19-23)40-26-13-9-11-24(20-26)32(33,34)35/h8-13,19-22H,6-7,14-18H2,1-5H3. The third kappa shape index (κ3) is 8.69. The summed E-state index contributed by atoms with van der Waals surface area (Å²) in [6.45, 7) is 4.94. The van der Waals surface area contributed by atoms with Gasteiger partial charge in [0, 0.05) is 46.5 Å². The monoisotopic (exact) mass is 616 g/mol. The molecule has 0 aliphatic rings. The number of fused-ring (bicyclic) bond motifs is 1. The average Bonchev–Trinajstić information content (AvgIpc) is 3.30. The van der Waals surface area contributed by atoms with E-state index in [-0.39, 0.29) is 5.75 Å².